The van der Waals surface area contributed by atoms with Crippen LogP contribution in [0, 0.1) is 11.2 Å². The first kappa shape index (κ1) is 29.4. The SMILES string of the molecule is CC(Nc1cc(C=O)cnc1C(=N)c1cc(OC(F)F)ccc1F)C(C)(C)O.CNC1(C)CS(=O)C1. The van der Waals surface area contributed by atoms with E-state index in [-0.39, 0.29) is 33.8 Å². The van der Waals surface area contributed by atoms with Crippen molar-refractivity contribution >= 4 is 28.5 Å². The smallest absolute Gasteiger partial charge is 0.387 e. The highest BCUT2D eigenvalue weighted by Gasteiger charge is 2.36. The van der Waals surface area contributed by atoms with Gasteiger partial charge in [0, 0.05) is 45.2 Å². The minimum atomic E-state index is -3.10. The topological polar surface area (TPSA) is 124 Å². The molecule has 2 aromatic rings. The highest BCUT2D eigenvalue weighted by Crippen LogP contribution is 2.26. The number of anilines is 1. The fourth-order valence-corrected chi connectivity index (χ4v) is 4.70. The summed E-state index contributed by atoms with van der Waals surface area (Å²) in [6.45, 7) is 3.81. The van der Waals surface area contributed by atoms with Gasteiger partial charge in [0.25, 0.3) is 0 Å². The highest BCUT2D eigenvalue weighted by molar-refractivity contribution is 7.86. The van der Waals surface area contributed by atoms with E-state index < -0.39 is 40.6 Å². The van der Waals surface area contributed by atoms with E-state index in [0.29, 0.717) is 6.29 Å². The van der Waals surface area contributed by atoms with Crippen molar-refractivity contribution < 1.29 is 32.0 Å². The molecule has 12 heteroatoms. The highest BCUT2D eigenvalue weighted by atomic mass is 32.2. The van der Waals surface area contributed by atoms with Crippen molar-refractivity contribution in [3.63, 3.8) is 0 Å². The van der Waals surface area contributed by atoms with Crippen molar-refractivity contribution in [3.05, 3.63) is 53.1 Å². The Bertz CT molecular complexity index is 1120. The lowest BCUT2D eigenvalue weighted by Crippen LogP contribution is -2.58. The van der Waals surface area contributed by atoms with Gasteiger partial charge in [0.1, 0.15) is 17.3 Å². The van der Waals surface area contributed by atoms with Gasteiger partial charge in [0.05, 0.1) is 23.0 Å². The number of halogens is 3. The Hall–Kier alpha value is -2.83. The van der Waals surface area contributed by atoms with Gasteiger partial charge >= 0.3 is 6.61 Å². The average molecular weight is 529 g/mol. The van der Waals surface area contributed by atoms with Crippen LogP contribution in [0.5, 0.6) is 5.75 Å². The van der Waals surface area contributed by atoms with E-state index in [2.05, 4.69) is 27.3 Å². The van der Waals surface area contributed by atoms with Crippen LogP contribution in [-0.4, -0.2) is 68.6 Å². The molecule has 8 nitrogen and oxygen atoms in total. The van der Waals surface area contributed by atoms with Crippen molar-refractivity contribution in [2.75, 3.05) is 23.9 Å². The monoisotopic (exact) mass is 528 g/mol. The predicted octanol–water partition coefficient (Wildman–Crippen LogP) is 3.35. The molecule has 0 radical (unpaired) electrons. The van der Waals surface area contributed by atoms with E-state index in [4.69, 9.17) is 5.41 Å². The molecular formula is C24H31F3N4O4S. The molecule has 1 aliphatic heterocycles. The summed E-state index contributed by atoms with van der Waals surface area (Å²) in [4.78, 5) is 15.1. The molecular weight excluding hydrogens is 497 g/mol. The molecule has 1 aromatic carbocycles. The summed E-state index contributed by atoms with van der Waals surface area (Å²) in [5.41, 5.74) is -1.27. The molecule has 1 saturated heterocycles. The quantitative estimate of drug-likeness (QED) is 0.291. The molecule has 1 aromatic heterocycles. The van der Waals surface area contributed by atoms with E-state index in [9.17, 15) is 27.3 Å². The number of benzene rings is 1. The van der Waals surface area contributed by atoms with Crippen LogP contribution in [0.15, 0.2) is 30.5 Å². The third kappa shape index (κ3) is 7.84. The second-order valence-corrected chi connectivity index (χ2v) is 10.7. The summed E-state index contributed by atoms with van der Waals surface area (Å²) in [5.74, 6) is 0.516. The van der Waals surface area contributed by atoms with Crippen LogP contribution in [0.3, 0.4) is 0 Å². The van der Waals surface area contributed by atoms with Gasteiger partial charge < -0.3 is 20.5 Å². The first-order valence-corrected chi connectivity index (χ1v) is 12.5. The van der Waals surface area contributed by atoms with Crippen LogP contribution in [0.2, 0.25) is 0 Å². The fourth-order valence-electron chi connectivity index (χ4n) is 3.08. The van der Waals surface area contributed by atoms with Gasteiger partial charge in [-0.3, -0.25) is 19.4 Å². The maximum atomic E-state index is 14.2. The normalized spacial score (nSPS) is 20.0. The number of carbonyl (C=O) groups excluding carboxylic acids is 1. The van der Waals surface area contributed by atoms with Crippen LogP contribution >= 0.6 is 0 Å². The molecule has 0 aliphatic carbocycles. The average Bonchev–Trinajstić information content (AvgIpc) is 2.78. The fraction of sp³-hybridized carbons (Fsp3) is 0.458. The Balaban J connectivity index is 0.000000482. The molecule has 1 unspecified atom stereocenters. The molecule has 198 valence electrons. The molecule has 3 rings (SSSR count). The molecule has 0 bridgehead atoms. The molecule has 0 spiro atoms. The molecule has 0 amide bonds. The van der Waals surface area contributed by atoms with Gasteiger partial charge in [-0.15, -0.1) is 0 Å². The second-order valence-electron chi connectivity index (χ2n) is 9.24. The van der Waals surface area contributed by atoms with E-state index >= 15 is 0 Å². The number of aldehydes is 1. The van der Waals surface area contributed by atoms with Crippen molar-refractivity contribution in [2.24, 2.45) is 0 Å². The minimum Gasteiger partial charge on any atom is -0.435 e. The summed E-state index contributed by atoms with van der Waals surface area (Å²) in [7, 11) is 1.39. The van der Waals surface area contributed by atoms with Crippen LogP contribution < -0.4 is 15.4 Å². The van der Waals surface area contributed by atoms with Crippen LogP contribution in [0.1, 0.15) is 49.3 Å². The van der Waals surface area contributed by atoms with Gasteiger partial charge in [0.2, 0.25) is 0 Å². The summed E-state index contributed by atoms with van der Waals surface area (Å²) >= 11 is 0. The van der Waals surface area contributed by atoms with E-state index in [1.54, 1.807) is 20.8 Å². The number of hydrogen-bond acceptors (Lipinski definition) is 8. The number of carbonyl (C=O) groups is 1. The van der Waals surface area contributed by atoms with Crippen molar-refractivity contribution in [3.8, 4) is 5.75 Å². The van der Waals surface area contributed by atoms with Crippen LogP contribution in [0.4, 0.5) is 18.9 Å². The molecule has 1 aliphatic rings. The van der Waals surface area contributed by atoms with Gasteiger partial charge in [0.15, 0.2) is 6.29 Å². The summed E-state index contributed by atoms with van der Waals surface area (Å²) in [6.07, 6.45) is 1.76. The Labute approximate surface area is 210 Å². The Morgan fingerprint density at radius 1 is 1.33 bits per heavy atom. The summed E-state index contributed by atoms with van der Waals surface area (Å²) in [5, 5.41) is 24.5. The third-order valence-corrected chi connectivity index (χ3v) is 7.63. The number of nitrogens with one attached hydrogen (secondary N) is 3. The van der Waals surface area contributed by atoms with Crippen molar-refractivity contribution in [1.82, 2.24) is 10.3 Å². The largest absolute Gasteiger partial charge is 0.435 e. The summed E-state index contributed by atoms with van der Waals surface area (Å²) < 4.78 is 53.9. The van der Waals surface area contributed by atoms with Crippen molar-refractivity contribution in [1.29, 1.82) is 5.41 Å². The number of aromatic nitrogens is 1. The number of aliphatic hydroxyl groups is 1. The number of alkyl halides is 2. The molecule has 2 heterocycles. The zero-order valence-electron chi connectivity index (χ0n) is 20.7. The van der Waals surface area contributed by atoms with Gasteiger partial charge in [-0.25, -0.2) is 4.39 Å². The second kappa shape index (κ2) is 11.9. The van der Waals surface area contributed by atoms with Gasteiger partial charge in [-0.05, 0) is 59.0 Å². The molecule has 0 saturated carbocycles. The third-order valence-electron chi connectivity index (χ3n) is 5.71. The Morgan fingerprint density at radius 3 is 2.44 bits per heavy atom. The standard InChI is InChI=1S/C19H20F3N3O3.C5H11NOS/c1-10(19(2,3)27)25-15-6-11(9-26)8-24-17(15)16(23)13-7-12(28-18(21)22)4-5-14(13)20;1-5(6-2)3-8(7)4-5/h4-10,18,23,25,27H,1-3H3;6H,3-4H2,1-2H3. The maximum absolute atomic E-state index is 14.2. The van der Waals surface area contributed by atoms with Crippen molar-refractivity contribution in [2.45, 2.75) is 51.5 Å². The molecule has 1 fully saturated rings. The predicted molar refractivity (Wildman–Crippen MR) is 133 cm³/mol. The first-order valence-electron chi connectivity index (χ1n) is 11.0. The number of hydrogen-bond donors (Lipinski definition) is 4. The summed E-state index contributed by atoms with van der Waals surface area (Å²) in [6, 6.07) is 3.80. The number of rotatable bonds is 9. The van der Waals surface area contributed by atoms with Crippen LogP contribution in [0.25, 0.3) is 0 Å². The van der Waals surface area contributed by atoms with E-state index in [1.807, 2.05) is 7.05 Å². The number of nitrogens with zero attached hydrogens (tertiary/aromatic N) is 1. The molecule has 4 N–H and O–H groups in total. The Morgan fingerprint density at radius 2 is 1.97 bits per heavy atom. The first-order chi connectivity index (χ1) is 16.7. The number of ether oxygens (including phenoxy) is 1. The zero-order valence-corrected chi connectivity index (χ0v) is 21.5. The van der Waals surface area contributed by atoms with E-state index in [1.165, 1.54) is 12.3 Å². The lowest BCUT2D eigenvalue weighted by atomic mass is 9.99. The molecule has 1 atom stereocenters. The lowest BCUT2D eigenvalue weighted by molar-refractivity contribution is -0.0499. The van der Waals surface area contributed by atoms with E-state index in [0.717, 1.165) is 29.7 Å². The lowest BCUT2D eigenvalue weighted by Gasteiger charge is -2.36. The van der Waals surface area contributed by atoms with Gasteiger partial charge in [-0.2, -0.15) is 8.78 Å². The Kier molecular flexibility index (Phi) is 9.75. The van der Waals surface area contributed by atoms with Gasteiger partial charge in [-0.1, -0.05) is 0 Å². The zero-order chi connectivity index (χ0) is 27.3. The minimum absolute atomic E-state index is 0.0187. The van der Waals surface area contributed by atoms with Crippen LogP contribution in [-0.2, 0) is 10.8 Å². The molecule has 36 heavy (non-hydrogen) atoms. The maximum Gasteiger partial charge on any atom is 0.387 e. The number of pyridine rings is 1.